The van der Waals surface area contributed by atoms with Crippen molar-refractivity contribution in [3.8, 4) is 0 Å². The van der Waals surface area contributed by atoms with Crippen LogP contribution in [0.15, 0.2) is 29.4 Å². The van der Waals surface area contributed by atoms with Crippen LogP contribution < -0.4 is 10.6 Å². The molecule has 1 aromatic heterocycles. The van der Waals surface area contributed by atoms with E-state index in [1.165, 1.54) is 28.3 Å². The SMILES string of the molecule is CCNC(=NCCOCCS(C)(=O)=O)NCCc1c[nH]c2c(CC)cccc12.I. The molecule has 7 nitrogen and oxygen atoms in total. The topological polar surface area (TPSA) is 95.6 Å². The van der Waals surface area contributed by atoms with Crippen LogP contribution >= 0.6 is 24.0 Å². The summed E-state index contributed by atoms with van der Waals surface area (Å²) in [5.41, 5.74) is 3.85. The van der Waals surface area contributed by atoms with Gasteiger partial charge >= 0.3 is 0 Å². The van der Waals surface area contributed by atoms with E-state index in [0.717, 1.165) is 31.9 Å². The number of rotatable bonds is 11. The number of ether oxygens (including phenoxy) is 1. The number of fused-ring (bicyclic) bond motifs is 1. The molecule has 0 radical (unpaired) electrons. The lowest BCUT2D eigenvalue weighted by molar-refractivity contribution is 0.157. The van der Waals surface area contributed by atoms with Crippen molar-refractivity contribution < 1.29 is 13.2 Å². The molecule has 1 aromatic carbocycles. The molecule has 0 atom stereocenters. The molecule has 0 aliphatic heterocycles. The standard InChI is InChI=1S/C20H32N4O3S.HI/c1-4-16-7-6-8-18-17(15-24-19(16)18)9-10-22-20(21-5-2)23-11-12-27-13-14-28(3,25)26;/h6-8,15,24H,4-5,9-14H2,1-3H3,(H2,21,22,23);1H. The number of hydrogen-bond donors (Lipinski definition) is 3. The third-order valence-electron chi connectivity index (χ3n) is 4.40. The summed E-state index contributed by atoms with van der Waals surface area (Å²) < 4.78 is 27.4. The van der Waals surface area contributed by atoms with E-state index < -0.39 is 9.84 Å². The maximum atomic E-state index is 11.1. The number of aromatic amines is 1. The monoisotopic (exact) mass is 536 g/mol. The Morgan fingerprint density at radius 2 is 1.97 bits per heavy atom. The fourth-order valence-electron chi connectivity index (χ4n) is 2.97. The van der Waals surface area contributed by atoms with Crippen LogP contribution in [0.25, 0.3) is 10.9 Å². The van der Waals surface area contributed by atoms with Crippen molar-refractivity contribution in [1.82, 2.24) is 15.6 Å². The molecule has 9 heteroatoms. The number of aromatic nitrogens is 1. The molecule has 0 bridgehead atoms. The van der Waals surface area contributed by atoms with E-state index >= 15 is 0 Å². The van der Waals surface area contributed by atoms with Gasteiger partial charge in [-0.15, -0.1) is 24.0 Å². The highest BCUT2D eigenvalue weighted by Crippen LogP contribution is 2.22. The van der Waals surface area contributed by atoms with Crippen LogP contribution in [0, 0.1) is 0 Å². The van der Waals surface area contributed by atoms with Crippen LogP contribution in [0.5, 0.6) is 0 Å². The highest BCUT2D eigenvalue weighted by molar-refractivity contribution is 14.0. The molecule has 1 heterocycles. The Morgan fingerprint density at radius 3 is 2.66 bits per heavy atom. The first-order chi connectivity index (χ1) is 13.4. The van der Waals surface area contributed by atoms with E-state index in [4.69, 9.17) is 4.74 Å². The van der Waals surface area contributed by atoms with Crippen LogP contribution in [0.3, 0.4) is 0 Å². The summed E-state index contributed by atoms with van der Waals surface area (Å²) in [4.78, 5) is 7.87. The van der Waals surface area contributed by atoms with Gasteiger partial charge in [-0.05, 0) is 30.9 Å². The number of hydrogen-bond acceptors (Lipinski definition) is 4. The van der Waals surface area contributed by atoms with Gasteiger partial charge in [0, 0.05) is 36.4 Å². The number of aryl methyl sites for hydroxylation is 1. The number of sulfone groups is 1. The Bertz CT molecular complexity index is 881. The van der Waals surface area contributed by atoms with Crippen molar-refractivity contribution in [3.63, 3.8) is 0 Å². The van der Waals surface area contributed by atoms with Gasteiger partial charge in [0.25, 0.3) is 0 Å². The van der Waals surface area contributed by atoms with Crippen molar-refractivity contribution in [3.05, 3.63) is 35.5 Å². The van der Waals surface area contributed by atoms with E-state index in [-0.39, 0.29) is 36.3 Å². The number of nitrogens with one attached hydrogen (secondary N) is 3. The number of nitrogens with zero attached hydrogens (tertiary/aromatic N) is 1. The molecule has 3 N–H and O–H groups in total. The van der Waals surface area contributed by atoms with Gasteiger partial charge in [-0.3, -0.25) is 4.99 Å². The van der Waals surface area contributed by atoms with Gasteiger partial charge in [0.2, 0.25) is 0 Å². The summed E-state index contributed by atoms with van der Waals surface area (Å²) in [5.74, 6) is 0.780. The first-order valence-corrected chi connectivity index (χ1v) is 11.9. The van der Waals surface area contributed by atoms with Gasteiger partial charge in [0.1, 0.15) is 9.84 Å². The summed E-state index contributed by atoms with van der Waals surface area (Å²) in [6.45, 7) is 6.81. The first kappa shape index (κ1) is 25.7. The van der Waals surface area contributed by atoms with E-state index in [0.29, 0.717) is 13.2 Å². The molecule has 0 aliphatic carbocycles. The first-order valence-electron chi connectivity index (χ1n) is 9.80. The zero-order chi connectivity index (χ0) is 20.4. The van der Waals surface area contributed by atoms with E-state index in [2.05, 4.69) is 51.9 Å². The molecule has 29 heavy (non-hydrogen) atoms. The average Bonchev–Trinajstić information content (AvgIpc) is 3.07. The number of halogens is 1. The summed E-state index contributed by atoms with van der Waals surface area (Å²) in [5, 5.41) is 7.83. The maximum Gasteiger partial charge on any atom is 0.191 e. The van der Waals surface area contributed by atoms with Gasteiger partial charge in [-0.1, -0.05) is 25.1 Å². The number of benzene rings is 1. The van der Waals surface area contributed by atoms with Gasteiger partial charge in [0.15, 0.2) is 5.96 Å². The second-order valence-electron chi connectivity index (χ2n) is 6.69. The van der Waals surface area contributed by atoms with Crippen molar-refractivity contribution in [2.45, 2.75) is 26.7 Å². The fraction of sp³-hybridized carbons (Fsp3) is 0.550. The summed E-state index contributed by atoms with van der Waals surface area (Å²) in [6.07, 6.45) is 5.20. The van der Waals surface area contributed by atoms with Gasteiger partial charge in [-0.2, -0.15) is 0 Å². The van der Waals surface area contributed by atoms with Crippen LogP contribution in [0.4, 0.5) is 0 Å². The summed E-state index contributed by atoms with van der Waals surface area (Å²) >= 11 is 0. The Balaban J connectivity index is 0.00000420. The Labute approximate surface area is 191 Å². The molecule has 0 fully saturated rings. The lowest BCUT2D eigenvalue weighted by Gasteiger charge is -2.11. The van der Waals surface area contributed by atoms with E-state index in [1.807, 2.05) is 6.92 Å². The molecule has 0 unspecified atom stereocenters. The molecule has 2 aromatic rings. The second kappa shape index (κ2) is 13.1. The molecule has 0 spiro atoms. The molecular weight excluding hydrogens is 503 g/mol. The van der Waals surface area contributed by atoms with Gasteiger partial charge in [0.05, 0.1) is 25.5 Å². The normalized spacial score (nSPS) is 12.0. The minimum absolute atomic E-state index is 0. The maximum absolute atomic E-state index is 11.1. The van der Waals surface area contributed by atoms with Crippen LogP contribution in [-0.2, 0) is 27.4 Å². The van der Waals surface area contributed by atoms with Crippen molar-refractivity contribution >= 4 is 50.7 Å². The van der Waals surface area contributed by atoms with Crippen molar-refractivity contribution in [1.29, 1.82) is 0 Å². The van der Waals surface area contributed by atoms with Crippen LogP contribution in [-0.4, -0.2) is 64.2 Å². The number of aliphatic imine (C=N–C) groups is 1. The largest absolute Gasteiger partial charge is 0.378 e. The average molecular weight is 536 g/mol. The zero-order valence-electron chi connectivity index (χ0n) is 17.5. The molecular formula is C20H33IN4O3S. The summed E-state index contributed by atoms with van der Waals surface area (Å²) in [6, 6.07) is 6.43. The Hall–Kier alpha value is -1.33. The number of guanidine groups is 1. The number of H-pyrrole nitrogens is 1. The van der Waals surface area contributed by atoms with Crippen molar-refractivity contribution in [2.75, 3.05) is 44.9 Å². The quantitative estimate of drug-likeness (QED) is 0.178. The lowest BCUT2D eigenvalue weighted by atomic mass is 10.1. The zero-order valence-corrected chi connectivity index (χ0v) is 20.6. The molecule has 164 valence electrons. The fourth-order valence-corrected chi connectivity index (χ4v) is 3.39. The lowest BCUT2D eigenvalue weighted by Crippen LogP contribution is -2.38. The minimum atomic E-state index is -2.98. The predicted octanol–water partition coefficient (Wildman–Crippen LogP) is 2.51. The molecule has 0 aliphatic rings. The summed E-state index contributed by atoms with van der Waals surface area (Å²) in [7, 11) is -2.98. The van der Waals surface area contributed by atoms with Gasteiger partial charge in [-0.25, -0.2) is 8.42 Å². The smallest absolute Gasteiger partial charge is 0.191 e. The van der Waals surface area contributed by atoms with Gasteiger partial charge < -0.3 is 20.4 Å². The van der Waals surface area contributed by atoms with Crippen LogP contribution in [0.1, 0.15) is 25.0 Å². The molecule has 0 saturated carbocycles. The highest BCUT2D eigenvalue weighted by atomic mass is 127. The Kier molecular flexibility index (Phi) is 11.6. The van der Waals surface area contributed by atoms with E-state index in [1.54, 1.807) is 0 Å². The Morgan fingerprint density at radius 1 is 1.17 bits per heavy atom. The predicted molar refractivity (Wildman–Crippen MR) is 131 cm³/mol. The minimum Gasteiger partial charge on any atom is -0.378 e. The molecule has 0 amide bonds. The molecule has 2 rings (SSSR count). The third-order valence-corrected chi connectivity index (χ3v) is 5.31. The molecule has 0 saturated heterocycles. The van der Waals surface area contributed by atoms with Crippen molar-refractivity contribution in [2.24, 2.45) is 4.99 Å². The van der Waals surface area contributed by atoms with Crippen LogP contribution in [0.2, 0.25) is 0 Å². The second-order valence-corrected chi connectivity index (χ2v) is 8.95. The number of para-hydroxylation sites is 1. The highest BCUT2D eigenvalue weighted by Gasteiger charge is 2.07. The van der Waals surface area contributed by atoms with E-state index in [9.17, 15) is 8.42 Å². The third kappa shape index (κ3) is 8.91.